The Morgan fingerprint density at radius 1 is 0.850 bits per heavy atom. The van der Waals surface area contributed by atoms with Crippen molar-refractivity contribution in [2.75, 3.05) is 39.7 Å². The molecule has 0 saturated heterocycles. The van der Waals surface area contributed by atoms with Crippen molar-refractivity contribution in [1.82, 2.24) is 15.3 Å². The summed E-state index contributed by atoms with van der Waals surface area (Å²) in [7, 11) is 4.73. The van der Waals surface area contributed by atoms with Crippen LogP contribution in [-0.2, 0) is 11.2 Å². The maximum Gasteiger partial charge on any atom is 0.239 e. The number of rotatable bonds is 11. The monoisotopic (exact) mass is 584 g/mol. The van der Waals surface area contributed by atoms with Gasteiger partial charge in [-0.1, -0.05) is 29.3 Å². The highest BCUT2D eigenvalue weighted by atomic mass is 35.5. The molecular formula is C29H27Cl2FN4O4. The Labute approximate surface area is 241 Å². The summed E-state index contributed by atoms with van der Waals surface area (Å²) in [5, 5.41) is 5.95. The van der Waals surface area contributed by atoms with E-state index in [9.17, 15) is 9.18 Å². The van der Waals surface area contributed by atoms with E-state index in [0.717, 1.165) is 11.1 Å². The molecule has 0 aliphatic carbocycles. The van der Waals surface area contributed by atoms with Crippen molar-refractivity contribution in [2.45, 2.75) is 6.42 Å². The zero-order chi connectivity index (χ0) is 28.6. The molecular weight excluding hydrogens is 558 g/mol. The van der Waals surface area contributed by atoms with Crippen molar-refractivity contribution < 1.29 is 23.4 Å². The average molecular weight is 585 g/mol. The summed E-state index contributed by atoms with van der Waals surface area (Å²) in [5.41, 5.74) is 2.98. The number of methoxy groups -OCH3 is 3. The smallest absolute Gasteiger partial charge is 0.239 e. The molecule has 0 bridgehead atoms. The number of anilines is 1. The third kappa shape index (κ3) is 7.11. The summed E-state index contributed by atoms with van der Waals surface area (Å²) in [5.74, 6) is 1.23. The number of ether oxygens (including phenoxy) is 3. The lowest BCUT2D eigenvalue weighted by molar-refractivity contribution is -0.119. The van der Waals surface area contributed by atoms with E-state index in [4.69, 9.17) is 37.4 Å². The van der Waals surface area contributed by atoms with E-state index in [1.54, 1.807) is 39.5 Å². The number of nitrogens with zero attached hydrogens (tertiary/aromatic N) is 2. The molecule has 208 valence electrons. The minimum atomic E-state index is -0.631. The number of halogens is 3. The SMILES string of the molecule is COc1ccc(-c2cc(-c3cc(F)c(Cl)cc3Cl)nc(NCC(=O)NCCc3ccc(OC)c(OC)c3)n2)cc1. The predicted octanol–water partition coefficient (Wildman–Crippen LogP) is 6.05. The molecule has 1 amide bonds. The van der Waals surface area contributed by atoms with Crippen molar-refractivity contribution in [3.63, 3.8) is 0 Å². The van der Waals surface area contributed by atoms with Gasteiger partial charge in [-0.3, -0.25) is 4.79 Å². The maximum atomic E-state index is 14.3. The first-order chi connectivity index (χ1) is 19.3. The van der Waals surface area contributed by atoms with Crippen LogP contribution in [0, 0.1) is 5.82 Å². The van der Waals surface area contributed by atoms with Crippen molar-refractivity contribution in [2.24, 2.45) is 0 Å². The normalized spacial score (nSPS) is 10.7. The number of carbonyl (C=O) groups excluding carboxylic acids is 1. The zero-order valence-corrected chi connectivity index (χ0v) is 23.6. The Morgan fingerprint density at radius 3 is 2.27 bits per heavy atom. The largest absolute Gasteiger partial charge is 0.497 e. The number of nitrogens with one attached hydrogen (secondary N) is 2. The van der Waals surface area contributed by atoms with Crippen LogP contribution in [0.25, 0.3) is 22.5 Å². The van der Waals surface area contributed by atoms with Gasteiger partial charge in [0.05, 0.1) is 49.3 Å². The molecule has 4 rings (SSSR count). The molecule has 0 fully saturated rings. The minimum Gasteiger partial charge on any atom is -0.497 e. The second kappa shape index (κ2) is 13.3. The van der Waals surface area contributed by atoms with Gasteiger partial charge in [0.15, 0.2) is 11.5 Å². The van der Waals surface area contributed by atoms with Crippen LogP contribution in [0.1, 0.15) is 5.56 Å². The molecule has 8 nitrogen and oxygen atoms in total. The second-order valence-corrected chi connectivity index (χ2v) is 9.39. The van der Waals surface area contributed by atoms with Gasteiger partial charge in [0.1, 0.15) is 11.6 Å². The Morgan fingerprint density at radius 2 is 1.57 bits per heavy atom. The van der Waals surface area contributed by atoms with E-state index in [0.29, 0.717) is 47.2 Å². The van der Waals surface area contributed by atoms with Crippen LogP contribution >= 0.6 is 23.2 Å². The van der Waals surface area contributed by atoms with Gasteiger partial charge in [-0.2, -0.15) is 0 Å². The molecule has 0 spiro atoms. The molecule has 0 aliphatic heterocycles. The van der Waals surface area contributed by atoms with Crippen molar-refractivity contribution in [1.29, 1.82) is 0 Å². The Kier molecular flexibility index (Phi) is 9.63. The molecule has 0 aliphatic rings. The molecule has 1 aromatic heterocycles. The molecule has 0 unspecified atom stereocenters. The number of amides is 1. The number of aromatic nitrogens is 2. The Balaban J connectivity index is 1.49. The average Bonchev–Trinajstić information content (AvgIpc) is 2.97. The van der Waals surface area contributed by atoms with Crippen molar-refractivity contribution in [3.8, 4) is 39.8 Å². The number of benzene rings is 3. The van der Waals surface area contributed by atoms with E-state index in [1.165, 1.54) is 12.1 Å². The summed E-state index contributed by atoms with van der Waals surface area (Å²) < 4.78 is 30.1. The lowest BCUT2D eigenvalue weighted by atomic mass is 10.1. The van der Waals surface area contributed by atoms with Gasteiger partial charge in [0.25, 0.3) is 0 Å². The first-order valence-corrected chi connectivity index (χ1v) is 13.0. The number of hydrogen-bond donors (Lipinski definition) is 2. The van der Waals surface area contributed by atoms with Crippen molar-refractivity contribution in [3.05, 3.63) is 82.1 Å². The van der Waals surface area contributed by atoms with E-state index in [2.05, 4.69) is 20.6 Å². The number of hydrogen-bond acceptors (Lipinski definition) is 7. The van der Waals surface area contributed by atoms with E-state index >= 15 is 0 Å². The van der Waals surface area contributed by atoms with Crippen LogP contribution in [0.3, 0.4) is 0 Å². The topological polar surface area (TPSA) is 94.6 Å². The van der Waals surface area contributed by atoms with E-state index < -0.39 is 5.82 Å². The van der Waals surface area contributed by atoms with Crippen LogP contribution in [0.5, 0.6) is 17.2 Å². The van der Waals surface area contributed by atoms with Gasteiger partial charge in [-0.25, -0.2) is 14.4 Å². The first-order valence-electron chi connectivity index (χ1n) is 12.2. The highest BCUT2D eigenvalue weighted by Crippen LogP contribution is 2.34. The number of carbonyl (C=O) groups is 1. The molecule has 4 aromatic rings. The quantitative estimate of drug-likeness (QED) is 0.207. The highest BCUT2D eigenvalue weighted by molar-refractivity contribution is 6.36. The first kappa shape index (κ1) is 28.9. The van der Waals surface area contributed by atoms with Crippen LogP contribution in [-0.4, -0.2) is 50.3 Å². The molecule has 2 N–H and O–H groups in total. The van der Waals surface area contributed by atoms with Gasteiger partial charge < -0.3 is 24.8 Å². The lowest BCUT2D eigenvalue weighted by Crippen LogP contribution is -2.31. The fraction of sp³-hybridized carbons (Fsp3) is 0.207. The van der Waals surface area contributed by atoms with Gasteiger partial charge in [-0.05, 0) is 66.6 Å². The van der Waals surface area contributed by atoms with Gasteiger partial charge >= 0.3 is 0 Å². The van der Waals surface area contributed by atoms with E-state index in [1.807, 2.05) is 30.3 Å². The fourth-order valence-corrected chi connectivity index (χ4v) is 4.38. The summed E-state index contributed by atoms with van der Waals surface area (Å²) in [6.45, 7) is 0.327. The Bertz CT molecular complexity index is 1500. The van der Waals surface area contributed by atoms with E-state index in [-0.39, 0.29) is 28.4 Å². The predicted molar refractivity (Wildman–Crippen MR) is 154 cm³/mol. The maximum absolute atomic E-state index is 14.3. The zero-order valence-electron chi connectivity index (χ0n) is 22.1. The third-order valence-corrected chi connectivity index (χ3v) is 6.59. The minimum absolute atomic E-state index is 0.0832. The van der Waals surface area contributed by atoms with Crippen LogP contribution in [0.2, 0.25) is 10.0 Å². The third-order valence-electron chi connectivity index (χ3n) is 5.99. The fourth-order valence-electron chi connectivity index (χ4n) is 3.90. The van der Waals surface area contributed by atoms with Crippen LogP contribution in [0.4, 0.5) is 10.3 Å². The summed E-state index contributed by atoms with van der Waals surface area (Å²) in [4.78, 5) is 21.6. The summed E-state index contributed by atoms with van der Waals surface area (Å²) >= 11 is 12.3. The van der Waals surface area contributed by atoms with Gasteiger partial charge in [0.2, 0.25) is 11.9 Å². The molecule has 0 atom stereocenters. The van der Waals surface area contributed by atoms with Gasteiger partial charge in [-0.15, -0.1) is 0 Å². The molecule has 0 saturated carbocycles. The Hall–Kier alpha value is -4.08. The van der Waals surface area contributed by atoms with Crippen molar-refractivity contribution >= 4 is 35.1 Å². The molecule has 1 heterocycles. The molecule has 40 heavy (non-hydrogen) atoms. The van der Waals surface area contributed by atoms with Crippen LogP contribution < -0.4 is 24.8 Å². The van der Waals surface area contributed by atoms with Gasteiger partial charge in [0, 0.05) is 17.7 Å². The highest BCUT2D eigenvalue weighted by Gasteiger charge is 2.15. The molecule has 0 radical (unpaired) electrons. The summed E-state index contributed by atoms with van der Waals surface area (Å²) in [6.07, 6.45) is 0.598. The molecule has 11 heteroatoms. The second-order valence-electron chi connectivity index (χ2n) is 8.58. The summed E-state index contributed by atoms with van der Waals surface area (Å²) in [6, 6.07) is 17.1. The van der Waals surface area contributed by atoms with Crippen LogP contribution in [0.15, 0.2) is 60.7 Å². The standard InChI is InChI=1S/C29H27Cl2FN4O4/c1-38-19-7-5-18(6-8-19)24-15-25(20-13-23(32)22(31)14-21(20)30)36-29(35-24)34-16-28(37)33-11-10-17-4-9-26(39-2)27(12-17)40-3/h4-9,12-15H,10-11,16H2,1-3H3,(H,33,37)(H,34,35,36). The lowest BCUT2D eigenvalue weighted by Gasteiger charge is -2.12. The molecule has 3 aromatic carbocycles.